The van der Waals surface area contributed by atoms with Crippen molar-refractivity contribution in [2.75, 3.05) is 6.54 Å². The zero-order valence-electron chi connectivity index (χ0n) is 14.7. The summed E-state index contributed by atoms with van der Waals surface area (Å²) in [6.07, 6.45) is 2.32. The average Bonchev–Trinajstić information content (AvgIpc) is 2.95. The Kier molecular flexibility index (Phi) is 7.51. The molecule has 0 aliphatic rings. The van der Waals surface area contributed by atoms with Crippen molar-refractivity contribution in [3.8, 4) is 0 Å². The van der Waals surface area contributed by atoms with Crippen LogP contribution in [0.5, 0.6) is 0 Å². The van der Waals surface area contributed by atoms with Crippen LogP contribution in [0.3, 0.4) is 0 Å². The highest BCUT2D eigenvalue weighted by atomic mass is 35.5. The molecule has 0 aliphatic heterocycles. The fraction of sp³-hybridized carbons (Fsp3) is 0.471. The minimum absolute atomic E-state index is 0. The fourth-order valence-electron chi connectivity index (χ4n) is 2.73. The third-order valence-electron chi connectivity index (χ3n) is 3.73. The zero-order chi connectivity index (χ0) is 17.7. The van der Waals surface area contributed by atoms with Crippen molar-refractivity contribution < 1.29 is 9.18 Å². The molecule has 0 saturated heterocycles. The van der Waals surface area contributed by atoms with E-state index >= 15 is 0 Å². The van der Waals surface area contributed by atoms with Gasteiger partial charge in [0, 0.05) is 6.54 Å². The second-order valence-electron chi connectivity index (χ2n) is 6.75. The maximum absolute atomic E-state index is 13.2. The van der Waals surface area contributed by atoms with Gasteiger partial charge in [-0.05, 0) is 37.0 Å². The van der Waals surface area contributed by atoms with E-state index in [1.165, 1.54) is 16.8 Å². The minimum Gasteiger partial charge on any atom is -0.344 e. The molecule has 2 rings (SSSR count). The van der Waals surface area contributed by atoms with Crippen LogP contribution in [0.1, 0.15) is 43.2 Å². The molecule has 3 N–H and O–H groups in total. The van der Waals surface area contributed by atoms with Crippen LogP contribution >= 0.6 is 12.4 Å². The summed E-state index contributed by atoms with van der Waals surface area (Å²) in [4.78, 5) is 12.4. The van der Waals surface area contributed by atoms with Crippen LogP contribution < -0.4 is 11.1 Å². The Bertz CT molecular complexity index is 706. The Morgan fingerprint density at radius 3 is 2.76 bits per heavy atom. The van der Waals surface area contributed by atoms with E-state index in [-0.39, 0.29) is 29.8 Å². The molecule has 1 unspecified atom stereocenters. The van der Waals surface area contributed by atoms with Crippen LogP contribution in [0.25, 0.3) is 0 Å². The van der Waals surface area contributed by atoms with Gasteiger partial charge >= 0.3 is 0 Å². The van der Waals surface area contributed by atoms with Crippen molar-refractivity contribution in [2.24, 2.45) is 11.7 Å². The first-order valence-corrected chi connectivity index (χ1v) is 7.98. The van der Waals surface area contributed by atoms with E-state index in [0.717, 1.165) is 12.0 Å². The molecular weight excluding hydrogens is 345 g/mol. The summed E-state index contributed by atoms with van der Waals surface area (Å²) < 4.78 is 14.7. The van der Waals surface area contributed by atoms with E-state index in [1.807, 2.05) is 6.92 Å². The van der Waals surface area contributed by atoms with Gasteiger partial charge in [-0.1, -0.05) is 31.2 Å². The smallest absolute Gasteiger partial charge is 0.273 e. The first-order chi connectivity index (χ1) is 11.3. The highest BCUT2D eigenvalue weighted by Crippen LogP contribution is 2.16. The Morgan fingerprint density at radius 1 is 1.44 bits per heavy atom. The van der Waals surface area contributed by atoms with E-state index in [4.69, 9.17) is 5.73 Å². The predicted octanol–water partition coefficient (Wildman–Crippen LogP) is 2.38. The van der Waals surface area contributed by atoms with Crippen molar-refractivity contribution >= 4 is 18.3 Å². The molecule has 0 aliphatic carbocycles. The lowest BCUT2D eigenvalue weighted by Gasteiger charge is -2.30. The average molecular weight is 370 g/mol. The van der Waals surface area contributed by atoms with Gasteiger partial charge in [-0.2, -0.15) is 0 Å². The van der Waals surface area contributed by atoms with E-state index in [0.29, 0.717) is 19.0 Å². The molecule has 8 heteroatoms. The van der Waals surface area contributed by atoms with Gasteiger partial charge in [0.1, 0.15) is 5.82 Å². The van der Waals surface area contributed by atoms with Crippen LogP contribution in [0.15, 0.2) is 30.5 Å². The number of halogens is 2. The molecule has 0 bridgehead atoms. The summed E-state index contributed by atoms with van der Waals surface area (Å²) in [6, 6.07) is 6.23. The minimum atomic E-state index is -0.489. The molecule has 138 valence electrons. The number of hydrogen-bond donors (Lipinski definition) is 2. The van der Waals surface area contributed by atoms with Crippen LogP contribution in [-0.4, -0.2) is 33.0 Å². The van der Waals surface area contributed by atoms with Crippen molar-refractivity contribution in [1.82, 2.24) is 20.3 Å². The highest BCUT2D eigenvalue weighted by molar-refractivity contribution is 5.92. The Balaban J connectivity index is 0.00000312. The Morgan fingerprint density at radius 2 is 2.16 bits per heavy atom. The molecule has 1 aromatic heterocycles. The maximum atomic E-state index is 13.2. The number of amides is 1. The van der Waals surface area contributed by atoms with Crippen molar-refractivity contribution in [1.29, 1.82) is 0 Å². The maximum Gasteiger partial charge on any atom is 0.273 e. The molecule has 0 spiro atoms. The van der Waals surface area contributed by atoms with Crippen molar-refractivity contribution in [2.45, 2.75) is 39.3 Å². The summed E-state index contributed by atoms with van der Waals surface area (Å²) in [5.74, 6) is -0.213. The quantitative estimate of drug-likeness (QED) is 0.784. The monoisotopic (exact) mass is 369 g/mol. The van der Waals surface area contributed by atoms with Gasteiger partial charge in [0.25, 0.3) is 5.91 Å². The summed E-state index contributed by atoms with van der Waals surface area (Å²) in [5.41, 5.74) is 6.29. The zero-order valence-corrected chi connectivity index (χ0v) is 15.5. The summed E-state index contributed by atoms with van der Waals surface area (Å²) in [5, 5.41) is 10.8. The normalized spacial score (nSPS) is 13.2. The second kappa shape index (κ2) is 8.92. The third-order valence-corrected chi connectivity index (χ3v) is 3.73. The van der Waals surface area contributed by atoms with Gasteiger partial charge < -0.3 is 11.1 Å². The van der Waals surface area contributed by atoms with Crippen LogP contribution in [0, 0.1) is 11.7 Å². The molecular formula is C17H25ClFN5O. The molecule has 1 aromatic carbocycles. The van der Waals surface area contributed by atoms with Gasteiger partial charge in [-0.25, -0.2) is 9.07 Å². The third kappa shape index (κ3) is 6.10. The van der Waals surface area contributed by atoms with Gasteiger partial charge in [0.2, 0.25) is 0 Å². The molecule has 25 heavy (non-hydrogen) atoms. The van der Waals surface area contributed by atoms with Crippen molar-refractivity contribution in [3.05, 3.63) is 47.5 Å². The largest absolute Gasteiger partial charge is 0.344 e. The fourth-order valence-corrected chi connectivity index (χ4v) is 2.73. The lowest BCUT2D eigenvalue weighted by molar-refractivity contribution is 0.0893. The number of hydrogen-bond acceptors (Lipinski definition) is 4. The molecule has 1 heterocycles. The van der Waals surface area contributed by atoms with Gasteiger partial charge in [-0.15, -0.1) is 17.5 Å². The summed E-state index contributed by atoms with van der Waals surface area (Å²) in [7, 11) is 0. The SMILES string of the molecule is CC(C)CC(C)(CN)NC(=O)c1cn(Cc2cccc(F)c2)nn1.Cl. The standard InChI is InChI=1S/C17H24FN5O.ClH/c1-12(2)8-17(3,11-19)20-16(24)15-10-23(22-21-15)9-13-5-4-6-14(18)7-13;/h4-7,10,12H,8-9,11,19H2,1-3H3,(H,20,24);1H. The van der Waals surface area contributed by atoms with Crippen LogP contribution in [0.2, 0.25) is 0 Å². The van der Waals surface area contributed by atoms with E-state index < -0.39 is 5.54 Å². The van der Waals surface area contributed by atoms with Gasteiger partial charge in [0.05, 0.1) is 18.3 Å². The number of benzene rings is 1. The number of nitrogens with two attached hydrogens (primary N) is 1. The molecule has 1 atom stereocenters. The number of aromatic nitrogens is 3. The highest BCUT2D eigenvalue weighted by Gasteiger charge is 2.27. The molecule has 2 aromatic rings. The molecule has 1 amide bonds. The predicted molar refractivity (Wildman–Crippen MR) is 97.2 cm³/mol. The molecule has 0 saturated carbocycles. The molecule has 0 fully saturated rings. The van der Waals surface area contributed by atoms with E-state index in [9.17, 15) is 9.18 Å². The lowest BCUT2D eigenvalue weighted by Crippen LogP contribution is -2.52. The van der Waals surface area contributed by atoms with Crippen LogP contribution in [-0.2, 0) is 6.54 Å². The Labute approximate surface area is 153 Å². The Hall–Kier alpha value is -1.99. The first kappa shape index (κ1) is 21.1. The lowest BCUT2D eigenvalue weighted by atomic mass is 9.90. The second-order valence-corrected chi connectivity index (χ2v) is 6.75. The first-order valence-electron chi connectivity index (χ1n) is 7.98. The van der Waals surface area contributed by atoms with E-state index in [2.05, 4.69) is 29.5 Å². The number of nitrogens with one attached hydrogen (secondary N) is 1. The van der Waals surface area contributed by atoms with Crippen LogP contribution in [0.4, 0.5) is 4.39 Å². The number of rotatable bonds is 7. The molecule has 0 radical (unpaired) electrons. The van der Waals surface area contributed by atoms with E-state index in [1.54, 1.807) is 18.3 Å². The van der Waals surface area contributed by atoms with Gasteiger partial charge in [-0.3, -0.25) is 4.79 Å². The number of nitrogens with zero attached hydrogens (tertiary/aromatic N) is 3. The summed E-state index contributed by atoms with van der Waals surface area (Å²) >= 11 is 0. The summed E-state index contributed by atoms with van der Waals surface area (Å²) in [6.45, 7) is 6.76. The number of carbonyl (C=O) groups is 1. The number of carbonyl (C=O) groups excluding carboxylic acids is 1. The topological polar surface area (TPSA) is 85.8 Å². The van der Waals surface area contributed by atoms with Gasteiger partial charge in [0.15, 0.2) is 5.69 Å². The van der Waals surface area contributed by atoms with Crippen molar-refractivity contribution in [3.63, 3.8) is 0 Å². The molecule has 6 nitrogen and oxygen atoms in total.